The first-order valence-corrected chi connectivity index (χ1v) is 13.5. The summed E-state index contributed by atoms with van der Waals surface area (Å²) in [6.45, 7) is 11.1. The van der Waals surface area contributed by atoms with Gasteiger partial charge >= 0.3 is 6.09 Å². The van der Waals surface area contributed by atoms with Crippen molar-refractivity contribution in [3.05, 3.63) is 35.4 Å². The van der Waals surface area contributed by atoms with Gasteiger partial charge in [-0.25, -0.2) is 4.79 Å². The number of benzene rings is 1. The fourth-order valence-corrected chi connectivity index (χ4v) is 4.41. The van der Waals surface area contributed by atoms with Crippen LogP contribution in [-0.4, -0.2) is 58.5 Å². The van der Waals surface area contributed by atoms with Crippen LogP contribution < -0.4 is 10.6 Å². The van der Waals surface area contributed by atoms with Gasteiger partial charge in [-0.15, -0.1) is 6.42 Å². The number of terminal acetylenes is 1. The van der Waals surface area contributed by atoms with Crippen LogP contribution in [-0.2, 0) is 14.3 Å². The molecule has 7 nitrogen and oxygen atoms in total. The van der Waals surface area contributed by atoms with Gasteiger partial charge in [0.2, 0.25) is 11.8 Å². The zero-order chi connectivity index (χ0) is 26.3. The summed E-state index contributed by atoms with van der Waals surface area (Å²) in [5, 5.41) is 5.72. The molecule has 0 radical (unpaired) electrons. The largest absolute Gasteiger partial charge is 0.444 e. The summed E-state index contributed by atoms with van der Waals surface area (Å²) in [7, 11) is 0. The van der Waals surface area contributed by atoms with Crippen molar-refractivity contribution < 1.29 is 19.1 Å². The molecule has 3 amide bonds. The third-order valence-electron chi connectivity index (χ3n) is 5.65. The molecule has 192 valence electrons. The summed E-state index contributed by atoms with van der Waals surface area (Å²) in [6.07, 6.45) is 8.24. The van der Waals surface area contributed by atoms with Crippen molar-refractivity contribution in [1.29, 1.82) is 0 Å². The van der Waals surface area contributed by atoms with Crippen LogP contribution >= 0.6 is 11.8 Å². The predicted octanol–water partition coefficient (Wildman–Crippen LogP) is 4.12. The van der Waals surface area contributed by atoms with Crippen molar-refractivity contribution in [2.75, 3.05) is 12.0 Å². The Morgan fingerprint density at radius 3 is 2.37 bits per heavy atom. The van der Waals surface area contributed by atoms with E-state index in [0.717, 1.165) is 6.42 Å². The topological polar surface area (TPSA) is 87.7 Å². The zero-order valence-electron chi connectivity index (χ0n) is 21.9. The van der Waals surface area contributed by atoms with Gasteiger partial charge in [-0.05, 0) is 77.0 Å². The fraction of sp³-hybridized carbons (Fsp3) is 0.593. The van der Waals surface area contributed by atoms with E-state index in [9.17, 15) is 14.4 Å². The Morgan fingerprint density at radius 2 is 1.86 bits per heavy atom. The smallest absolute Gasteiger partial charge is 0.408 e. The van der Waals surface area contributed by atoms with Gasteiger partial charge in [-0.3, -0.25) is 9.59 Å². The van der Waals surface area contributed by atoms with Crippen LogP contribution in [0.3, 0.4) is 0 Å². The molecule has 1 aliphatic carbocycles. The second kappa shape index (κ2) is 12.3. The average molecular weight is 502 g/mol. The molecule has 1 aliphatic rings. The zero-order valence-corrected chi connectivity index (χ0v) is 22.7. The van der Waals surface area contributed by atoms with E-state index in [-0.39, 0.29) is 29.8 Å². The minimum Gasteiger partial charge on any atom is -0.444 e. The average Bonchev–Trinajstić information content (AvgIpc) is 3.48. The Kier molecular flexibility index (Phi) is 10.1. The van der Waals surface area contributed by atoms with Gasteiger partial charge in [0, 0.05) is 17.6 Å². The van der Waals surface area contributed by atoms with E-state index in [4.69, 9.17) is 11.2 Å². The molecule has 0 aromatic heterocycles. The molecule has 0 bridgehead atoms. The minimum atomic E-state index is -0.913. The molecule has 1 aromatic rings. The second-order valence-corrected chi connectivity index (χ2v) is 11.3. The highest BCUT2D eigenvalue weighted by molar-refractivity contribution is 7.98. The molecule has 0 saturated heterocycles. The van der Waals surface area contributed by atoms with Crippen LogP contribution in [0.1, 0.15) is 71.6 Å². The molecule has 35 heavy (non-hydrogen) atoms. The SMILES string of the molecule is C#Cc1ccccc1C(C(=O)NC(C)C)N(C(=O)C(CCSC)NC(=O)OC(C)(C)C)C1CC1C. The first-order chi connectivity index (χ1) is 16.4. The van der Waals surface area contributed by atoms with Crippen molar-refractivity contribution in [3.63, 3.8) is 0 Å². The van der Waals surface area contributed by atoms with Gasteiger partial charge in [-0.2, -0.15) is 11.8 Å². The summed E-state index contributed by atoms with van der Waals surface area (Å²) >= 11 is 1.58. The normalized spacial score (nSPS) is 18.7. The molecular formula is C27H39N3O4S. The monoisotopic (exact) mass is 501 g/mol. The number of alkyl carbamates (subject to hydrolysis) is 1. The summed E-state index contributed by atoms with van der Waals surface area (Å²) in [6, 6.07) is 5.20. The van der Waals surface area contributed by atoms with Gasteiger partial charge in [0.15, 0.2) is 0 Å². The van der Waals surface area contributed by atoms with Crippen molar-refractivity contribution in [3.8, 4) is 12.3 Å². The van der Waals surface area contributed by atoms with Crippen molar-refractivity contribution >= 4 is 29.7 Å². The molecule has 2 N–H and O–H groups in total. The number of thioether (sulfide) groups is 1. The fourth-order valence-electron chi connectivity index (χ4n) is 3.94. The lowest BCUT2D eigenvalue weighted by Gasteiger charge is -2.35. The number of rotatable bonds is 10. The first-order valence-electron chi connectivity index (χ1n) is 12.1. The third-order valence-corrected chi connectivity index (χ3v) is 6.29. The molecule has 1 aromatic carbocycles. The summed E-state index contributed by atoms with van der Waals surface area (Å²) < 4.78 is 5.42. The highest BCUT2D eigenvalue weighted by atomic mass is 32.2. The van der Waals surface area contributed by atoms with Gasteiger partial charge in [0.25, 0.3) is 0 Å². The quantitative estimate of drug-likeness (QED) is 0.471. The third kappa shape index (κ3) is 8.21. The standard InChI is InChI=1S/C27H39N3O4S/c1-9-19-12-10-11-13-20(19)23(24(31)28-17(2)3)30(22-16-18(22)4)25(32)21(14-15-35-8)29-26(33)34-27(5,6)7/h1,10-13,17-18,21-23H,14-16H2,2-8H3,(H,28,31)(H,29,33). The number of carbonyl (C=O) groups excluding carboxylic acids is 3. The number of hydrogen-bond acceptors (Lipinski definition) is 5. The molecule has 2 rings (SSSR count). The first kappa shape index (κ1) is 28.6. The maximum atomic E-state index is 14.1. The van der Waals surface area contributed by atoms with E-state index >= 15 is 0 Å². The molecule has 1 fully saturated rings. The number of carbonyl (C=O) groups is 3. The van der Waals surface area contributed by atoms with E-state index in [1.807, 2.05) is 39.2 Å². The van der Waals surface area contributed by atoms with Crippen LogP contribution in [0, 0.1) is 18.3 Å². The van der Waals surface area contributed by atoms with Gasteiger partial charge in [0.1, 0.15) is 17.7 Å². The highest BCUT2D eigenvalue weighted by Gasteiger charge is 2.48. The summed E-state index contributed by atoms with van der Waals surface area (Å²) in [5.74, 6) is 2.94. The van der Waals surface area contributed by atoms with Gasteiger partial charge in [0.05, 0.1) is 0 Å². The molecule has 1 saturated carbocycles. The van der Waals surface area contributed by atoms with Crippen molar-refractivity contribution in [1.82, 2.24) is 15.5 Å². The highest BCUT2D eigenvalue weighted by Crippen LogP contribution is 2.41. The molecule has 0 spiro atoms. The van der Waals surface area contributed by atoms with Gasteiger partial charge in [-0.1, -0.05) is 31.0 Å². The molecule has 4 unspecified atom stereocenters. The van der Waals surface area contributed by atoms with E-state index in [2.05, 4.69) is 16.6 Å². The lowest BCUT2D eigenvalue weighted by molar-refractivity contribution is -0.143. The lowest BCUT2D eigenvalue weighted by atomic mass is 9.96. The predicted molar refractivity (Wildman–Crippen MR) is 141 cm³/mol. The lowest BCUT2D eigenvalue weighted by Crippen LogP contribution is -2.54. The van der Waals surface area contributed by atoms with Crippen LogP contribution in [0.25, 0.3) is 0 Å². The molecule has 4 atom stereocenters. The Hall–Kier alpha value is -2.66. The summed E-state index contributed by atoms with van der Waals surface area (Å²) in [4.78, 5) is 41.9. The van der Waals surface area contributed by atoms with Gasteiger partial charge < -0.3 is 20.3 Å². The van der Waals surface area contributed by atoms with Crippen molar-refractivity contribution in [2.24, 2.45) is 5.92 Å². The van der Waals surface area contributed by atoms with Crippen LogP contribution in [0.4, 0.5) is 4.79 Å². The van der Waals surface area contributed by atoms with E-state index < -0.39 is 23.8 Å². The van der Waals surface area contributed by atoms with E-state index in [0.29, 0.717) is 23.3 Å². The van der Waals surface area contributed by atoms with Crippen LogP contribution in [0.2, 0.25) is 0 Å². The Balaban J connectivity index is 2.52. The Morgan fingerprint density at radius 1 is 1.23 bits per heavy atom. The number of ether oxygens (including phenoxy) is 1. The van der Waals surface area contributed by atoms with Crippen LogP contribution in [0.5, 0.6) is 0 Å². The number of nitrogens with one attached hydrogen (secondary N) is 2. The van der Waals surface area contributed by atoms with Crippen molar-refractivity contribution in [2.45, 2.75) is 84.2 Å². The van der Waals surface area contributed by atoms with E-state index in [1.165, 1.54) is 0 Å². The maximum absolute atomic E-state index is 14.1. The van der Waals surface area contributed by atoms with Crippen LogP contribution in [0.15, 0.2) is 24.3 Å². The summed E-state index contributed by atoms with van der Waals surface area (Å²) in [5.41, 5.74) is 0.456. The maximum Gasteiger partial charge on any atom is 0.408 e. The second-order valence-electron chi connectivity index (χ2n) is 10.3. The molecule has 8 heteroatoms. The number of amides is 3. The molecular weight excluding hydrogens is 462 g/mol. The molecule has 0 aliphatic heterocycles. The minimum absolute atomic E-state index is 0.122. The number of hydrogen-bond donors (Lipinski definition) is 2. The Bertz CT molecular complexity index is 950. The molecule has 0 heterocycles. The number of nitrogens with zero attached hydrogens (tertiary/aromatic N) is 1. The Labute approximate surface area is 214 Å². The van der Waals surface area contributed by atoms with E-state index in [1.54, 1.807) is 49.6 Å².